The minimum Gasteiger partial charge on any atom is -0.383 e. The maximum absolute atomic E-state index is 12.9. The van der Waals surface area contributed by atoms with E-state index in [0.717, 1.165) is 22.7 Å². The van der Waals surface area contributed by atoms with Gasteiger partial charge in [-0.3, -0.25) is 14.2 Å². The number of benzene rings is 1. The highest BCUT2D eigenvalue weighted by Crippen LogP contribution is 2.34. The Kier molecular flexibility index (Phi) is 6.62. The predicted molar refractivity (Wildman–Crippen MR) is 110 cm³/mol. The molecule has 0 bridgehead atoms. The third-order valence-electron chi connectivity index (χ3n) is 4.32. The van der Waals surface area contributed by atoms with Gasteiger partial charge in [0.05, 0.1) is 29.5 Å². The van der Waals surface area contributed by atoms with Crippen molar-refractivity contribution in [3.05, 3.63) is 46.4 Å². The van der Waals surface area contributed by atoms with Crippen LogP contribution in [0.1, 0.15) is 12.6 Å². The van der Waals surface area contributed by atoms with Gasteiger partial charge in [-0.05, 0) is 12.1 Å². The number of carbonyl (C=O) groups is 1. The molecule has 1 aromatic heterocycles. The van der Waals surface area contributed by atoms with Crippen molar-refractivity contribution in [3.63, 3.8) is 0 Å². The van der Waals surface area contributed by atoms with Crippen LogP contribution in [0.5, 0.6) is 0 Å². The molecule has 0 aliphatic carbocycles. The lowest BCUT2D eigenvalue weighted by atomic mass is 10.2. The summed E-state index contributed by atoms with van der Waals surface area (Å²) in [7, 11) is 3.36. The summed E-state index contributed by atoms with van der Waals surface area (Å²) in [6, 6.07) is 9.50. The van der Waals surface area contributed by atoms with E-state index < -0.39 is 0 Å². The molecule has 1 aliphatic rings. The number of carbonyl (C=O) groups excluding carboxylic acids is 1. The summed E-state index contributed by atoms with van der Waals surface area (Å²) in [5, 5.41) is 0.933. The van der Waals surface area contributed by atoms with E-state index in [0.29, 0.717) is 23.6 Å². The molecule has 0 radical (unpaired) electrons. The number of ether oxygens (including phenoxy) is 1. The second-order valence-electron chi connectivity index (χ2n) is 6.33. The Hall–Kier alpha value is -1.77. The molecule has 0 saturated heterocycles. The molecular formula is C19H23N3O3S2. The first-order valence-electron chi connectivity index (χ1n) is 8.75. The first-order valence-corrected chi connectivity index (χ1v) is 10.6. The summed E-state index contributed by atoms with van der Waals surface area (Å²) in [5.74, 6) is 0.175. The van der Waals surface area contributed by atoms with Gasteiger partial charge in [0, 0.05) is 31.5 Å². The number of fused-ring (bicyclic) bond motifs is 1. The molecule has 0 N–H and O–H groups in total. The molecule has 6 nitrogen and oxygen atoms in total. The quantitative estimate of drug-likeness (QED) is 0.521. The van der Waals surface area contributed by atoms with E-state index in [1.165, 1.54) is 11.8 Å². The average molecular weight is 406 g/mol. The second kappa shape index (κ2) is 8.95. The summed E-state index contributed by atoms with van der Waals surface area (Å²) >= 11 is 2.89. The van der Waals surface area contributed by atoms with Gasteiger partial charge in [-0.25, -0.2) is 4.98 Å². The zero-order chi connectivity index (χ0) is 19.4. The maximum Gasteiger partial charge on any atom is 0.268 e. The molecule has 8 heteroatoms. The monoisotopic (exact) mass is 405 g/mol. The van der Waals surface area contributed by atoms with Crippen LogP contribution in [-0.2, 0) is 22.5 Å². The number of nitrogens with zero attached hydrogens (tertiary/aromatic N) is 3. The van der Waals surface area contributed by atoms with Crippen molar-refractivity contribution >= 4 is 35.1 Å². The second-order valence-corrected chi connectivity index (χ2v) is 8.72. The SMILES string of the molecule is COCCn1c(SCC(=O)N(C)c2ccccc2)nc2c(c1=O)SC(C)C2. The molecule has 2 aromatic rings. The standard InChI is InChI=1S/C19H23N3O3S2/c1-13-11-15-17(27-13)18(24)22(9-10-25-3)19(20-15)26-12-16(23)21(2)14-7-5-4-6-8-14/h4-8,13H,9-12H2,1-3H3. The van der Waals surface area contributed by atoms with Crippen LogP contribution in [0.15, 0.2) is 45.2 Å². The van der Waals surface area contributed by atoms with Gasteiger partial charge in [0.1, 0.15) is 0 Å². The van der Waals surface area contributed by atoms with Crippen molar-refractivity contribution in [1.82, 2.24) is 9.55 Å². The van der Waals surface area contributed by atoms with E-state index >= 15 is 0 Å². The van der Waals surface area contributed by atoms with Crippen molar-refractivity contribution in [3.8, 4) is 0 Å². The summed E-state index contributed by atoms with van der Waals surface area (Å²) in [6.45, 7) is 2.94. The molecular weight excluding hydrogens is 382 g/mol. The minimum atomic E-state index is -0.0398. The molecule has 2 heterocycles. The Bertz CT molecular complexity index is 870. The third kappa shape index (κ3) is 4.56. The highest BCUT2D eigenvalue weighted by molar-refractivity contribution is 8.00. The molecule has 1 aliphatic heterocycles. The van der Waals surface area contributed by atoms with Gasteiger partial charge in [0.25, 0.3) is 5.56 Å². The fraction of sp³-hybridized carbons (Fsp3) is 0.421. The van der Waals surface area contributed by atoms with Crippen molar-refractivity contribution in [1.29, 1.82) is 0 Å². The Morgan fingerprint density at radius 2 is 2.15 bits per heavy atom. The summed E-state index contributed by atoms with van der Waals surface area (Å²) in [5.41, 5.74) is 1.65. The van der Waals surface area contributed by atoms with Crippen molar-refractivity contribution in [2.24, 2.45) is 0 Å². The fourth-order valence-electron chi connectivity index (χ4n) is 2.84. The van der Waals surface area contributed by atoms with Gasteiger partial charge in [0.15, 0.2) is 5.16 Å². The predicted octanol–water partition coefficient (Wildman–Crippen LogP) is 2.68. The third-order valence-corrected chi connectivity index (χ3v) is 6.50. The van der Waals surface area contributed by atoms with Crippen LogP contribution in [0.2, 0.25) is 0 Å². The van der Waals surface area contributed by atoms with Gasteiger partial charge in [0.2, 0.25) is 5.91 Å². The number of anilines is 1. The van der Waals surface area contributed by atoms with Crippen LogP contribution >= 0.6 is 23.5 Å². The van der Waals surface area contributed by atoms with Crippen LogP contribution in [0.4, 0.5) is 5.69 Å². The topological polar surface area (TPSA) is 64.4 Å². The number of methoxy groups -OCH3 is 1. The molecule has 3 rings (SSSR count). The first-order chi connectivity index (χ1) is 13.0. The van der Waals surface area contributed by atoms with Gasteiger partial charge in [-0.1, -0.05) is 36.9 Å². The Labute approximate surface area is 167 Å². The van der Waals surface area contributed by atoms with E-state index in [2.05, 4.69) is 6.92 Å². The summed E-state index contributed by atoms with van der Waals surface area (Å²) in [6.07, 6.45) is 0.784. The highest BCUT2D eigenvalue weighted by atomic mass is 32.2. The molecule has 144 valence electrons. The lowest BCUT2D eigenvalue weighted by molar-refractivity contribution is -0.115. The number of amides is 1. The molecule has 0 spiro atoms. The zero-order valence-corrected chi connectivity index (χ0v) is 17.3. The number of hydrogen-bond acceptors (Lipinski definition) is 6. The maximum atomic E-state index is 12.9. The van der Waals surface area contributed by atoms with Crippen LogP contribution in [0.25, 0.3) is 0 Å². The van der Waals surface area contributed by atoms with Crippen LogP contribution in [-0.4, -0.2) is 47.2 Å². The van der Waals surface area contributed by atoms with Gasteiger partial charge < -0.3 is 9.64 Å². The number of aromatic nitrogens is 2. The molecule has 0 saturated carbocycles. The summed E-state index contributed by atoms with van der Waals surface area (Å²) < 4.78 is 6.77. The lowest BCUT2D eigenvalue weighted by Crippen LogP contribution is -2.30. The molecule has 1 atom stereocenters. The van der Waals surface area contributed by atoms with Crippen LogP contribution < -0.4 is 10.5 Å². The number of thioether (sulfide) groups is 2. The molecule has 1 amide bonds. The molecule has 0 fully saturated rings. The normalized spacial score (nSPS) is 15.6. The molecule has 1 unspecified atom stereocenters. The Morgan fingerprint density at radius 1 is 1.41 bits per heavy atom. The molecule has 1 aromatic carbocycles. The Balaban J connectivity index is 1.79. The van der Waals surface area contributed by atoms with Crippen LogP contribution in [0.3, 0.4) is 0 Å². The smallest absolute Gasteiger partial charge is 0.268 e. The van der Waals surface area contributed by atoms with Crippen molar-refractivity contribution in [2.45, 2.75) is 35.2 Å². The fourth-order valence-corrected chi connectivity index (χ4v) is 4.91. The average Bonchev–Trinajstić information content (AvgIpc) is 3.06. The molecule has 27 heavy (non-hydrogen) atoms. The van der Waals surface area contributed by atoms with Gasteiger partial charge in [-0.2, -0.15) is 0 Å². The summed E-state index contributed by atoms with van der Waals surface area (Å²) in [4.78, 5) is 32.5. The van der Waals surface area contributed by atoms with Gasteiger partial charge in [-0.15, -0.1) is 11.8 Å². The van der Waals surface area contributed by atoms with E-state index in [1.54, 1.807) is 35.4 Å². The zero-order valence-electron chi connectivity index (χ0n) is 15.7. The first kappa shape index (κ1) is 20.0. The van der Waals surface area contributed by atoms with Crippen molar-refractivity contribution < 1.29 is 9.53 Å². The lowest BCUT2D eigenvalue weighted by Gasteiger charge is -2.18. The van der Waals surface area contributed by atoms with E-state index in [1.807, 2.05) is 30.3 Å². The number of hydrogen-bond donors (Lipinski definition) is 0. The minimum absolute atomic E-state index is 0.0298. The van der Waals surface area contributed by atoms with Crippen molar-refractivity contribution in [2.75, 3.05) is 31.4 Å². The van der Waals surface area contributed by atoms with E-state index in [9.17, 15) is 9.59 Å². The van der Waals surface area contributed by atoms with Crippen LogP contribution in [0, 0.1) is 0 Å². The highest BCUT2D eigenvalue weighted by Gasteiger charge is 2.26. The van der Waals surface area contributed by atoms with E-state index in [4.69, 9.17) is 9.72 Å². The van der Waals surface area contributed by atoms with Gasteiger partial charge >= 0.3 is 0 Å². The largest absolute Gasteiger partial charge is 0.383 e. The number of para-hydroxylation sites is 1. The van der Waals surface area contributed by atoms with E-state index in [-0.39, 0.29) is 17.2 Å². The Morgan fingerprint density at radius 3 is 2.85 bits per heavy atom. The number of rotatable bonds is 7.